The fourth-order valence-electron chi connectivity index (χ4n) is 2.89. The van der Waals surface area contributed by atoms with Gasteiger partial charge in [0.1, 0.15) is 0 Å². The van der Waals surface area contributed by atoms with E-state index in [0.717, 1.165) is 12.8 Å². The lowest BCUT2D eigenvalue weighted by Crippen LogP contribution is -2.49. The van der Waals surface area contributed by atoms with Crippen molar-refractivity contribution in [1.82, 2.24) is 0 Å². The minimum atomic E-state index is -0.120. The van der Waals surface area contributed by atoms with Crippen LogP contribution in [-0.2, 0) is 5.41 Å². The molecule has 0 saturated carbocycles. The molecule has 0 spiro atoms. The first-order chi connectivity index (χ1) is 8.09. The van der Waals surface area contributed by atoms with Gasteiger partial charge in [-0.15, -0.1) is 0 Å². The van der Waals surface area contributed by atoms with Crippen molar-refractivity contribution >= 4 is 0 Å². The van der Waals surface area contributed by atoms with E-state index < -0.39 is 0 Å². The molecule has 0 bridgehead atoms. The van der Waals surface area contributed by atoms with E-state index in [2.05, 4.69) is 32.9 Å². The van der Waals surface area contributed by atoms with Crippen LogP contribution in [0, 0.1) is 5.92 Å². The Morgan fingerprint density at radius 2 is 1.82 bits per heavy atom. The minimum Gasteiger partial charge on any atom is -0.396 e. The van der Waals surface area contributed by atoms with E-state index in [-0.39, 0.29) is 18.1 Å². The Bertz CT molecular complexity index is 323. The van der Waals surface area contributed by atoms with Crippen molar-refractivity contribution < 1.29 is 5.11 Å². The number of aliphatic hydroxyl groups excluding tert-OH is 1. The number of aliphatic hydroxyl groups is 1. The van der Waals surface area contributed by atoms with Gasteiger partial charge in [0, 0.05) is 18.1 Å². The van der Waals surface area contributed by atoms with Crippen molar-refractivity contribution in [3.05, 3.63) is 35.9 Å². The number of rotatable bonds is 6. The van der Waals surface area contributed by atoms with Crippen molar-refractivity contribution in [1.29, 1.82) is 0 Å². The van der Waals surface area contributed by atoms with Crippen LogP contribution in [0.4, 0.5) is 0 Å². The monoisotopic (exact) mass is 235 g/mol. The summed E-state index contributed by atoms with van der Waals surface area (Å²) in [6.07, 6.45) is 1.65. The molecule has 0 amide bonds. The second kappa shape index (κ2) is 6.18. The number of benzene rings is 1. The van der Waals surface area contributed by atoms with Gasteiger partial charge in [0.15, 0.2) is 0 Å². The van der Waals surface area contributed by atoms with Gasteiger partial charge in [-0.3, -0.25) is 0 Å². The highest BCUT2D eigenvalue weighted by molar-refractivity contribution is 5.28. The maximum Gasteiger partial charge on any atom is 0.0440 e. The zero-order valence-corrected chi connectivity index (χ0v) is 11.2. The number of hydrogen-bond donors (Lipinski definition) is 2. The van der Waals surface area contributed by atoms with Crippen molar-refractivity contribution in [3.8, 4) is 0 Å². The van der Waals surface area contributed by atoms with Gasteiger partial charge in [0.2, 0.25) is 0 Å². The molecule has 0 aliphatic rings. The maximum atomic E-state index is 9.40. The molecule has 1 aromatic rings. The number of hydrogen-bond acceptors (Lipinski definition) is 2. The van der Waals surface area contributed by atoms with E-state index in [9.17, 15) is 5.11 Å². The van der Waals surface area contributed by atoms with Gasteiger partial charge < -0.3 is 10.8 Å². The smallest absolute Gasteiger partial charge is 0.0440 e. The molecule has 2 atom stereocenters. The second-order valence-electron chi connectivity index (χ2n) is 5.05. The molecule has 1 aromatic carbocycles. The average molecular weight is 235 g/mol. The molecule has 2 nitrogen and oxygen atoms in total. The first-order valence-electron chi connectivity index (χ1n) is 6.51. The molecule has 0 heterocycles. The molecule has 96 valence electrons. The van der Waals surface area contributed by atoms with E-state index in [1.807, 2.05) is 18.2 Å². The summed E-state index contributed by atoms with van der Waals surface area (Å²) in [5.74, 6) is 0.409. The SMILES string of the molecule is CCC(N)C(CCO)(c1ccccc1)C(C)C. The molecule has 0 fully saturated rings. The van der Waals surface area contributed by atoms with Crippen LogP contribution in [0.5, 0.6) is 0 Å². The molecule has 0 aliphatic carbocycles. The lowest BCUT2D eigenvalue weighted by molar-refractivity contribution is 0.167. The molecule has 3 N–H and O–H groups in total. The lowest BCUT2D eigenvalue weighted by Gasteiger charge is -2.43. The first-order valence-corrected chi connectivity index (χ1v) is 6.51. The van der Waals surface area contributed by atoms with Crippen LogP contribution in [0.15, 0.2) is 30.3 Å². The largest absolute Gasteiger partial charge is 0.396 e. The summed E-state index contributed by atoms with van der Waals surface area (Å²) in [6.45, 7) is 6.68. The van der Waals surface area contributed by atoms with Crippen LogP contribution >= 0.6 is 0 Å². The van der Waals surface area contributed by atoms with Gasteiger partial charge in [-0.2, -0.15) is 0 Å². The highest BCUT2D eigenvalue weighted by Gasteiger charge is 2.39. The molecular weight excluding hydrogens is 210 g/mol. The van der Waals surface area contributed by atoms with E-state index in [1.54, 1.807) is 0 Å². The minimum absolute atomic E-state index is 0.0806. The Morgan fingerprint density at radius 3 is 2.24 bits per heavy atom. The fraction of sp³-hybridized carbons (Fsp3) is 0.600. The van der Waals surface area contributed by atoms with Gasteiger partial charge in [0.25, 0.3) is 0 Å². The molecule has 17 heavy (non-hydrogen) atoms. The van der Waals surface area contributed by atoms with Crippen molar-refractivity contribution in [2.45, 2.75) is 45.1 Å². The van der Waals surface area contributed by atoms with Crippen molar-refractivity contribution in [2.75, 3.05) is 6.61 Å². The standard InChI is InChI=1S/C15H25NO/c1-4-14(16)15(10-11-17,12(2)3)13-8-6-5-7-9-13/h5-9,12,14,17H,4,10-11,16H2,1-3H3. The Hall–Kier alpha value is -0.860. The molecule has 0 radical (unpaired) electrons. The Labute approximate surface area is 105 Å². The molecule has 0 aromatic heterocycles. The van der Waals surface area contributed by atoms with Crippen LogP contribution in [-0.4, -0.2) is 17.8 Å². The van der Waals surface area contributed by atoms with E-state index in [1.165, 1.54) is 5.56 Å². The highest BCUT2D eigenvalue weighted by atomic mass is 16.3. The zero-order chi connectivity index (χ0) is 12.9. The van der Waals surface area contributed by atoms with Crippen LogP contribution in [0.25, 0.3) is 0 Å². The van der Waals surface area contributed by atoms with Gasteiger partial charge in [-0.05, 0) is 24.3 Å². The second-order valence-corrected chi connectivity index (χ2v) is 5.05. The van der Waals surface area contributed by atoms with E-state index >= 15 is 0 Å². The molecule has 2 unspecified atom stereocenters. The fourth-order valence-corrected chi connectivity index (χ4v) is 2.89. The normalized spacial score (nSPS) is 16.8. The van der Waals surface area contributed by atoms with Crippen LogP contribution in [0.3, 0.4) is 0 Å². The average Bonchev–Trinajstić information content (AvgIpc) is 2.35. The van der Waals surface area contributed by atoms with Gasteiger partial charge in [-0.1, -0.05) is 51.1 Å². The van der Waals surface area contributed by atoms with E-state index in [4.69, 9.17) is 5.73 Å². The maximum absolute atomic E-state index is 9.40. The van der Waals surface area contributed by atoms with Crippen LogP contribution in [0.2, 0.25) is 0 Å². The topological polar surface area (TPSA) is 46.2 Å². The lowest BCUT2D eigenvalue weighted by atomic mass is 9.64. The third-order valence-electron chi connectivity index (χ3n) is 3.97. The van der Waals surface area contributed by atoms with Crippen molar-refractivity contribution in [3.63, 3.8) is 0 Å². The molecule has 1 rings (SSSR count). The van der Waals surface area contributed by atoms with Gasteiger partial charge >= 0.3 is 0 Å². The third-order valence-corrected chi connectivity index (χ3v) is 3.97. The van der Waals surface area contributed by atoms with Gasteiger partial charge in [0.05, 0.1) is 0 Å². The Balaban J connectivity index is 3.24. The Kier molecular flexibility index (Phi) is 5.16. The quantitative estimate of drug-likeness (QED) is 0.796. The summed E-state index contributed by atoms with van der Waals surface area (Å²) in [6, 6.07) is 10.5. The zero-order valence-electron chi connectivity index (χ0n) is 11.2. The summed E-state index contributed by atoms with van der Waals surface area (Å²) < 4.78 is 0. The highest BCUT2D eigenvalue weighted by Crippen LogP contribution is 2.39. The molecule has 0 aliphatic heterocycles. The molecule has 0 saturated heterocycles. The molecule has 2 heteroatoms. The summed E-state index contributed by atoms with van der Waals surface area (Å²) in [5.41, 5.74) is 7.49. The van der Waals surface area contributed by atoms with E-state index in [0.29, 0.717) is 5.92 Å². The van der Waals surface area contributed by atoms with Crippen molar-refractivity contribution in [2.24, 2.45) is 11.7 Å². The number of nitrogens with two attached hydrogens (primary N) is 1. The first kappa shape index (κ1) is 14.2. The predicted molar refractivity (Wildman–Crippen MR) is 72.9 cm³/mol. The summed E-state index contributed by atoms with van der Waals surface area (Å²) in [5, 5.41) is 9.40. The Morgan fingerprint density at radius 1 is 1.24 bits per heavy atom. The predicted octanol–water partition coefficient (Wildman–Crippen LogP) is 2.70. The third kappa shape index (κ3) is 2.70. The van der Waals surface area contributed by atoms with Gasteiger partial charge in [-0.25, -0.2) is 0 Å². The summed E-state index contributed by atoms with van der Waals surface area (Å²) in [4.78, 5) is 0. The summed E-state index contributed by atoms with van der Waals surface area (Å²) >= 11 is 0. The summed E-state index contributed by atoms with van der Waals surface area (Å²) in [7, 11) is 0. The van der Waals surface area contributed by atoms with Crippen LogP contribution in [0.1, 0.15) is 39.2 Å². The molecular formula is C15H25NO. The van der Waals surface area contributed by atoms with Crippen LogP contribution < -0.4 is 5.73 Å².